The number of nitrogens with one attached hydrogen (secondary N) is 2. The molecule has 2 aromatic rings. The summed E-state index contributed by atoms with van der Waals surface area (Å²) in [6.07, 6.45) is 0.778. The summed E-state index contributed by atoms with van der Waals surface area (Å²) in [6.45, 7) is 0.681. The molecule has 0 aliphatic rings. The average molecular weight is 307 g/mol. The van der Waals surface area contributed by atoms with Crippen LogP contribution in [-0.2, 0) is 13.1 Å². The van der Waals surface area contributed by atoms with Gasteiger partial charge in [-0.15, -0.1) is 11.3 Å². The van der Waals surface area contributed by atoms with E-state index in [0.29, 0.717) is 6.54 Å². The van der Waals surface area contributed by atoms with Crippen LogP contribution in [0.15, 0.2) is 46.7 Å². The normalized spacial score (nSPS) is 11.9. The second-order valence-corrected chi connectivity index (χ2v) is 5.52. The number of nitrogens with zero attached hydrogens (tertiary/aromatic N) is 1. The molecule has 0 aliphatic heterocycles. The molecule has 0 bridgehead atoms. The fraction of sp³-hybridized carbons (Fsp3) is 0.286. The van der Waals surface area contributed by atoms with Crippen molar-refractivity contribution in [2.45, 2.75) is 19.2 Å². The molecular weight excluding hydrogens is 290 g/mol. The van der Waals surface area contributed by atoms with Crippen molar-refractivity contribution in [2.75, 3.05) is 6.54 Å². The minimum absolute atomic E-state index is 0.0810. The summed E-state index contributed by atoms with van der Waals surface area (Å²) in [4.78, 5) is 24.1. The van der Waals surface area contributed by atoms with Crippen LogP contribution in [0.2, 0.25) is 0 Å². The van der Waals surface area contributed by atoms with Crippen molar-refractivity contribution in [1.82, 2.24) is 15.2 Å². The molecule has 1 atom stereocenters. The Morgan fingerprint density at radius 3 is 2.86 bits per heavy atom. The minimum atomic E-state index is -0.822. The lowest BCUT2D eigenvalue weighted by molar-refractivity contribution is 0.150. The van der Waals surface area contributed by atoms with Gasteiger partial charge in [-0.3, -0.25) is 4.79 Å². The molecule has 3 N–H and O–H groups in total. The largest absolute Gasteiger partial charge is 0.389 e. The molecule has 112 valence electrons. The van der Waals surface area contributed by atoms with Gasteiger partial charge in [-0.05, 0) is 17.5 Å². The third-order valence-corrected chi connectivity index (χ3v) is 3.68. The van der Waals surface area contributed by atoms with Crippen LogP contribution in [-0.4, -0.2) is 28.4 Å². The van der Waals surface area contributed by atoms with Gasteiger partial charge in [0.15, 0.2) is 0 Å². The molecule has 6 nitrogen and oxygen atoms in total. The monoisotopic (exact) mass is 307 g/mol. The summed E-state index contributed by atoms with van der Waals surface area (Å²) in [5.74, 6) is 0. The van der Waals surface area contributed by atoms with E-state index >= 15 is 0 Å². The van der Waals surface area contributed by atoms with Crippen LogP contribution < -0.4 is 16.2 Å². The maximum atomic E-state index is 11.6. The second kappa shape index (κ2) is 7.61. The molecule has 7 heteroatoms. The highest BCUT2D eigenvalue weighted by Gasteiger charge is 2.08. The highest BCUT2D eigenvalue weighted by Crippen LogP contribution is 2.06. The predicted octanol–water partition coefficient (Wildman–Crippen LogP) is 0.770. The van der Waals surface area contributed by atoms with Crippen LogP contribution in [0, 0.1) is 0 Å². The number of urea groups is 1. The first-order valence-corrected chi connectivity index (χ1v) is 7.41. The van der Waals surface area contributed by atoms with Crippen molar-refractivity contribution in [3.63, 3.8) is 0 Å². The third kappa shape index (κ3) is 5.05. The van der Waals surface area contributed by atoms with E-state index in [1.54, 1.807) is 29.7 Å². The first kappa shape index (κ1) is 15.3. The van der Waals surface area contributed by atoms with Gasteiger partial charge in [0.05, 0.1) is 19.2 Å². The molecule has 0 fully saturated rings. The Balaban J connectivity index is 1.71. The Bertz CT molecular complexity index is 624. The van der Waals surface area contributed by atoms with Gasteiger partial charge in [-0.25, -0.2) is 4.79 Å². The minimum Gasteiger partial charge on any atom is -0.389 e. The molecule has 0 aliphatic carbocycles. The Morgan fingerprint density at radius 2 is 2.14 bits per heavy atom. The number of carbonyl (C=O) groups excluding carboxylic acids is 1. The zero-order chi connectivity index (χ0) is 15.1. The molecule has 0 radical (unpaired) electrons. The van der Waals surface area contributed by atoms with Crippen LogP contribution >= 0.6 is 11.3 Å². The molecular formula is C14H17N3O3S. The van der Waals surface area contributed by atoms with E-state index < -0.39 is 6.10 Å². The van der Waals surface area contributed by atoms with E-state index in [0.717, 1.165) is 4.88 Å². The number of thiophene rings is 1. The number of hydrogen-bond donors (Lipinski definition) is 3. The quantitative estimate of drug-likeness (QED) is 0.737. The van der Waals surface area contributed by atoms with Gasteiger partial charge in [0.2, 0.25) is 0 Å². The van der Waals surface area contributed by atoms with Crippen LogP contribution in [0.3, 0.4) is 0 Å². The van der Waals surface area contributed by atoms with Crippen LogP contribution in [0.5, 0.6) is 0 Å². The Morgan fingerprint density at radius 1 is 1.29 bits per heavy atom. The Labute approximate surface area is 126 Å². The average Bonchev–Trinajstić information content (AvgIpc) is 2.99. The van der Waals surface area contributed by atoms with Gasteiger partial charge in [0.1, 0.15) is 0 Å². The van der Waals surface area contributed by atoms with E-state index in [9.17, 15) is 14.7 Å². The van der Waals surface area contributed by atoms with Crippen molar-refractivity contribution >= 4 is 17.4 Å². The summed E-state index contributed by atoms with van der Waals surface area (Å²) < 4.78 is 1.40. The number of amides is 2. The molecule has 2 amide bonds. The van der Waals surface area contributed by atoms with Gasteiger partial charge in [-0.2, -0.15) is 0 Å². The SMILES string of the molecule is O=C(NCc1cccs1)NCC(O)Cn1ccccc1=O. The molecule has 2 heterocycles. The molecule has 0 spiro atoms. The number of aromatic nitrogens is 1. The number of aliphatic hydroxyl groups excluding tert-OH is 1. The number of rotatable bonds is 6. The fourth-order valence-electron chi connectivity index (χ4n) is 1.76. The standard InChI is InChI=1S/C14H17N3O3S/c18-11(10-17-6-2-1-5-13(17)19)8-15-14(20)16-9-12-4-3-7-21-12/h1-7,11,18H,8-10H2,(H2,15,16,20). The zero-order valence-electron chi connectivity index (χ0n) is 11.4. The number of hydrogen-bond acceptors (Lipinski definition) is 4. The molecule has 1 unspecified atom stereocenters. The lowest BCUT2D eigenvalue weighted by Gasteiger charge is -2.13. The van der Waals surface area contributed by atoms with Crippen LogP contribution in [0.25, 0.3) is 0 Å². The fourth-order valence-corrected chi connectivity index (χ4v) is 2.40. The van der Waals surface area contributed by atoms with Crippen molar-refractivity contribution in [2.24, 2.45) is 0 Å². The third-order valence-electron chi connectivity index (χ3n) is 2.81. The first-order valence-electron chi connectivity index (χ1n) is 6.53. The Kier molecular flexibility index (Phi) is 5.53. The van der Waals surface area contributed by atoms with Crippen molar-refractivity contribution < 1.29 is 9.90 Å². The van der Waals surface area contributed by atoms with Crippen molar-refractivity contribution in [3.05, 3.63) is 57.1 Å². The molecule has 0 aromatic carbocycles. The molecule has 2 aromatic heterocycles. The van der Waals surface area contributed by atoms with E-state index in [2.05, 4.69) is 10.6 Å². The van der Waals surface area contributed by atoms with Crippen molar-refractivity contribution in [1.29, 1.82) is 0 Å². The smallest absolute Gasteiger partial charge is 0.315 e. The highest BCUT2D eigenvalue weighted by atomic mass is 32.1. The Hall–Kier alpha value is -2.12. The lowest BCUT2D eigenvalue weighted by atomic mass is 10.3. The number of pyridine rings is 1. The van der Waals surface area contributed by atoms with E-state index in [1.165, 1.54) is 10.6 Å². The second-order valence-electron chi connectivity index (χ2n) is 4.49. The summed E-state index contributed by atoms with van der Waals surface area (Å²) in [7, 11) is 0. The first-order chi connectivity index (χ1) is 10.1. The molecule has 0 saturated heterocycles. The van der Waals surface area contributed by atoms with E-state index in [-0.39, 0.29) is 24.7 Å². The lowest BCUT2D eigenvalue weighted by Crippen LogP contribution is -2.41. The zero-order valence-corrected chi connectivity index (χ0v) is 12.2. The predicted molar refractivity (Wildman–Crippen MR) is 81.3 cm³/mol. The van der Waals surface area contributed by atoms with E-state index in [4.69, 9.17) is 0 Å². The van der Waals surface area contributed by atoms with Gasteiger partial charge in [0.25, 0.3) is 5.56 Å². The van der Waals surface area contributed by atoms with Gasteiger partial charge in [-0.1, -0.05) is 12.1 Å². The molecule has 21 heavy (non-hydrogen) atoms. The summed E-state index contributed by atoms with van der Waals surface area (Å²) in [6, 6.07) is 8.29. The summed E-state index contributed by atoms with van der Waals surface area (Å²) in [5.41, 5.74) is -0.182. The molecule has 2 rings (SSSR count). The van der Waals surface area contributed by atoms with Crippen molar-refractivity contribution in [3.8, 4) is 0 Å². The summed E-state index contributed by atoms with van der Waals surface area (Å²) >= 11 is 1.56. The maximum Gasteiger partial charge on any atom is 0.315 e. The maximum absolute atomic E-state index is 11.6. The number of carbonyl (C=O) groups is 1. The number of aliphatic hydroxyl groups is 1. The topological polar surface area (TPSA) is 83.4 Å². The van der Waals surface area contributed by atoms with Gasteiger partial charge in [0, 0.05) is 23.7 Å². The molecule has 0 saturated carbocycles. The highest BCUT2D eigenvalue weighted by molar-refractivity contribution is 7.09. The van der Waals surface area contributed by atoms with E-state index in [1.807, 2.05) is 17.5 Å². The van der Waals surface area contributed by atoms with Crippen LogP contribution in [0.4, 0.5) is 4.79 Å². The van der Waals surface area contributed by atoms with Gasteiger partial charge >= 0.3 is 6.03 Å². The van der Waals surface area contributed by atoms with Crippen LogP contribution in [0.1, 0.15) is 4.88 Å². The van der Waals surface area contributed by atoms with Gasteiger partial charge < -0.3 is 20.3 Å². The summed E-state index contributed by atoms with van der Waals surface area (Å²) in [5, 5.41) is 17.0.